The highest BCUT2D eigenvalue weighted by Crippen LogP contribution is 2.38. The molecule has 0 saturated carbocycles. The Bertz CT molecular complexity index is 1280. The number of nitrogens with one attached hydrogen (secondary N) is 1. The van der Waals surface area contributed by atoms with Gasteiger partial charge in [-0.1, -0.05) is 0 Å². The molecule has 2 N–H and O–H groups in total. The van der Waals surface area contributed by atoms with Gasteiger partial charge in [-0.15, -0.1) is 0 Å². The molecule has 0 bridgehead atoms. The quantitative estimate of drug-likeness (QED) is 0.136. The summed E-state index contributed by atoms with van der Waals surface area (Å²) in [7, 11) is 1.46. The molecule has 0 aromatic heterocycles. The summed E-state index contributed by atoms with van der Waals surface area (Å²) < 4.78 is 11.8. The van der Waals surface area contributed by atoms with E-state index in [9.17, 15) is 25.3 Å². The number of ether oxygens (including phenoxy) is 2. The molecule has 172 valence electrons. The predicted molar refractivity (Wildman–Crippen MR) is 128 cm³/mol. The fourth-order valence-electron chi connectivity index (χ4n) is 2.89. The number of hydrogen-bond acceptors (Lipinski definition) is 7. The first-order valence-corrected chi connectivity index (χ1v) is 10.6. The van der Waals surface area contributed by atoms with Gasteiger partial charge in [-0.2, -0.15) is 5.26 Å². The number of amides is 1. The van der Waals surface area contributed by atoms with Gasteiger partial charge in [-0.25, -0.2) is 0 Å². The number of rotatable bonds is 8. The predicted octanol–water partition coefficient (Wildman–Crippen LogP) is 5.20. The first kappa shape index (κ1) is 24.3. The van der Waals surface area contributed by atoms with Gasteiger partial charge >= 0.3 is 0 Å². The number of anilines is 1. The number of nitro groups is 1. The number of benzene rings is 3. The van der Waals surface area contributed by atoms with Crippen LogP contribution in [0.2, 0.25) is 0 Å². The van der Waals surface area contributed by atoms with Crippen molar-refractivity contribution in [3.05, 3.63) is 92.0 Å². The summed E-state index contributed by atoms with van der Waals surface area (Å²) in [5.41, 5.74) is 1.52. The monoisotopic (exact) mass is 523 g/mol. The minimum Gasteiger partial charge on any atom is -0.508 e. The standard InChI is InChI=1S/C24H18BrN3O6/c1-33-22-12-16(10-17(13-26)24(30)27-18-4-8-20(29)9-5-18)11-21(25)23(22)34-14-15-2-6-19(7-3-15)28(31)32/h2-12,29H,14H2,1H3,(H,27,30)/b17-10-. The summed E-state index contributed by atoms with van der Waals surface area (Å²) in [6.45, 7) is 0.140. The zero-order valence-electron chi connectivity index (χ0n) is 17.8. The highest BCUT2D eigenvalue weighted by Gasteiger charge is 2.15. The van der Waals surface area contributed by atoms with E-state index < -0.39 is 10.8 Å². The van der Waals surface area contributed by atoms with Gasteiger partial charge < -0.3 is 19.9 Å². The fraction of sp³-hybridized carbons (Fsp3) is 0.0833. The second-order valence-corrected chi connectivity index (χ2v) is 7.77. The van der Waals surface area contributed by atoms with Crippen LogP contribution in [0, 0.1) is 21.4 Å². The highest BCUT2D eigenvalue weighted by atomic mass is 79.9. The summed E-state index contributed by atoms with van der Waals surface area (Å²) in [6.07, 6.45) is 1.41. The molecule has 3 rings (SSSR count). The molecule has 0 fully saturated rings. The number of non-ortho nitro benzene ring substituents is 1. The molecule has 0 radical (unpaired) electrons. The van der Waals surface area contributed by atoms with Gasteiger partial charge in [-0.05, 0) is 81.7 Å². The molecule has 0 heterocycles. The number of hydrogen-bond donors (Lipinski definition) is 2. The molecule has 34 heavy (non-hydrogen) atoms. The Morgan fingerprint density at radius 3 is 2.47 bits per heavy atom. The minimum atomic E-state index is -0.609. The van der Waals surface area contributed by atoms with E-state index in [0.29, 0.717) is 27.2 Å². The van der Waals surface area contributed by atoms with E-state index in [1.165, 1.54) is 49.6 Å². The van der Waals surface area contributed by atoms with Crippen molar-refractivity contribution >= 4 is 39.3 Å². The zero-order valence-corrected chi connectivity index (χ0v) is 19.4. The number of carbonyl (C=O) groups excluding carboxylic acids is 1. The van der Waals surface area contributed by atoms with Crippen LogP contribution in [0.3, 0.4) is 0 Å². The normalized spacial score (nSPS) is 10.8. The number of carbonyl (C=O) groups is 1. The van der Waals surface area contributed by atoms with Crippen molar-refractivity contribution in [2.45, 2.75) is 6.61 Å². The molecule has 0 aliphatic carbocycles. The first-order valence-electron chi connectivity index (χ1n) is 9.76. The summed E-state index contributed by atoms with van der Waals surface area (Å²) in [5.74, 6) is 0.201. The van der Waals surface area contributed by atoms with E-state index in [-0.39, 0.29) is 23.6 Å². The number of nitrogens with zero attached hydrogens (tertiary/aromatic N) is 2. The van der Waals surface area contributed by atoms with Gasteiger partial charge in [0.05, 0.1) is 16.5 Å². The SMILES string of the molecule is COc1cc(/C=C(/C#N)C(=O)Nc2ccc(O)cc2)cc(Br)c1OCc1ccc([N+](=O)[O-])cc1. The molecule has 3 aromatic rings. The molecule has 9 nitrogen and oxygen atoms in total. The Balaban J connectivity index is 1.78. The summed E-state index contributed by atoms with van der Waals surface area (Å²) in [5, 5.41) is 32.2. The maximum Gasteiger partial charge on any atom is 0.269 e. The van der Waals surface area contributed by atoms with Crippen LogP contribution in [0.15, 0.2) is 70.7 Å². The van der Waals surface area contributed by atoms with Crippen molar-refractivity contribution < 1.29 is 24.3 Å². The maximum atomic E-state index is 12.5. The molecule has 10 heteroatoms. The number of phenols is 1. The lowest BCUT2D eigenvalue weighted by Gasteiger charge is -2.14. The van der Waals surface area contributed by atoms with Crippen molar-refractivity contribution in [1.29, 1.82) is 5.26 Å². The number of halogens is 1. The largest absolute Gasteiger partial charge is 0.508 e. The molecule has 0 aliphatic rings. The summed E-state index contributed by atoms with van der Waals surface area (Å²) in [6, 6.07) is 17.0. The van der Waals surface area contributed by atoms with Gasteiger partial charge in [-0.3, -0.25) is 14.9 Å². The van der Waals surface area contributed by atoms with E-state index in [2.05, 4.69) is 21.2 Å². The molecule has 0 saturated heterocycles. The second-order valence-electron chi connectivity index (χ2n) is 6.92. The van der Waals surface area contributed by atoms with Crippen LogP contribution in [0.5, 0.6) is 17.2 Å². The Labute approximate surface area is 203 Å². The van der Waals surface area contributed by atoms with E-state index >= 15 is 0 Å². The first-order chi connectivity index (χ1) is 16.3. The lowest BCUT2D eigenvalue weighted by atomic mass is 10.1. The van der Waals surface area contributed by atoms with E-state index in [1.54, 1.807) is 24.3 Å². The van der Waals surface area contributed by atoms with Gasteiger partial charge in [0, 0.05) is 17.8 Å². The molecule has 3 aromatic carbocycles. The third-order valence-corrected chi connectivity index (χ3v) is 5.17. The number of phenolic OH excluding ortho intramolecular Hbond substituents is 1. The Kier molecular flexibility index (Phi) is 7.84. The number of aromatic hydroxyl groups is 1. The fourth-order valence-corrected chi connectivity index (χ4v) is 3.47. The average Bonchev–Trinajstić information content (AvgIpc) is 2.83. The second kappa shape index (κ2) is 11.0. The van der Waals surface area contributed by atoms with Crippen molar-refractivity contribution in [1.82, 2.24) is 0 Å². The van der Waals surface area contributed by atoms with Crippen LogP contribution < -0.4 is 14.8 Å². The topological polar surface area (TPSA) is 135 Å². The molecule has 0 unspecified atom stereocenters. The maximum absolute atomic E-state index is 12.5. The lowest BCUT2D eigenvalue weighted by Crippen LogP contribution is -2.13. The van der Waals surface area contributed by atoms with Crippen LogP contribution in [0.25, 0.3) is 6.08 Å². The van der Waals surface area contributed by atoms with Gasteiger partial charge in [0.15, 0.2) is 11.5 Å². The van der Waals surface area contributed by atoms with E-state index in [0.717, 1.165) is 5.56 Å². The van der Waals surface area contributed by atoms with Crippen LogP contribution >= 0.6 is 15.9 Å². The molecule has 1 amide bonds. The van der Waals surface area contributed by atoms with Gasteiger partial charge in [0.2, 0.25) is 0 Å². The molecular formula is C24H18BrN3O6. The third-order valence-electron chi connectivity index (χ3n) is 4.58. The number of nitro benzene ring substituents is 1. The van der Waals surface area contributed by atoms with Crippen LogP contribution in [0.1, 0.15) is 11.1 Å². The lowest BCUT2D eigenvalue weighted by molar-refractivity contribution is -0.384. The summed E-state index contributed by atoms with van der Waals surface area (Å²) >= 11 is 3.42. The Morgan fingerprint density at radius 1 is 1.21 bits per heavy atom. The van der Waals surface area contributed by atoms with E-state index in [4.69, 9.17) is 9.47 Å². The highest BCUT2D eigenvalue weighted by molar-refractivity contribution is 9.10. The van der Waals surface area contributed by atoms with Crippen LogP contribution in [0.4, 0.5) is 11.4 Å². The third kappa shape index (κ3) is 6.11. The van der Waals surface area contributed by atoms with Gasteiger partial charge in [0.1, 0.15) is 24.0 Å². The van der Waals surface area contributed by atoms with Crippen molar-refractivity contribution in [2.75, 3.05) is 12.4 Å². The zero-order chi connectivity index (χ0) is 24.7. The van der Waals surface area contributed by atoms with E-state index in [1.807, 2.05) is 6.07 Å². The Hall–Kier alpha value is -4.36. The van der Waals surface area contributed by atoms with Crippen LogP contribution in [-0.4, -0.2) is 23.0 Å². The number of nitriles is 1. The number of methoxy groups -OCH3 is 1. The van der Waals surface area contributed by atoms with Crippen molar-refractivity contribution in [3.8, 4) is 23.3 Å². The smallest absolute Gasteiger partial charge is 0.269 e. The molecule has 0 spiro atoms. The summed E-state index contributed by atoms with van der Waals surface area (Å²) in [4.78, 5) is 22.8. The average molecular weight is 524 g/mol. The molecule has 0 aliphatic heterocycles. The van der Waals surface area contributed by atoms with Crippen molar-refractivity contribution in [2.24, 2.45) is 0 Å². The molecular weight excluding hydrogens is 506 g/mol. The minimum absolute atomic E-state index is 0.0126. The van der Waals surface area contributed by atoms with Gasteiger partial charge in [0.25, 0.3) is 11.6 Å². The molecule has 0 atom stereocenters. The van der Waals surface area contributed by atoms with Crippen LogP contribution in [-0.2, 0) is 11.4 Å². The Morgan fingerprint density at radius 2 is 1.88 bits per heavy atom. The van der Waals surface area contributed by atoms with Crippen molar-refractivity contribution in [3.63, 3.8) is 0 Å².